The molecule has 0 aromatic heterocycles. The highest BCUT2D eigenvalue weighted by molar-refractivity contribution is 5.70. The summed E-state index contributed by atoms with van der Waals surface area (Å²) < 4.78 is 18.9. The maximum absolute atomic E-state index is 13.9. The van der Waals surface area contributed by atoms with Gasteiger partial charge in [-0.1, -0.05) is 18.6 Å². The summed E-state index contributed by atoms with van der Waals surface area (Å²) in [4.78, 5) is 11.1. The minimum atomic E-state index is -0.720. The number of aliphatic carboxylic acids is 1. The third-order valence-corrected chi connectivity index (χ3v) is 3.96. The molecule has 0 spiro atoms. The second kappa shape index (κ2) is 6.70. The van der Waals surface area contributed by atoms with Crippen LogP contribution in [0.4, 0.5) is 4.39 Å². The minimum absolute atomic E-state index is 0.140. The summed E-state index contributed by atoms with van der Waals surface area (Å²) in [6.07, 6.45) is 2.62. The van der Waals surface area contributed by atoms with E-state index in [-0.39, 0.29) is 23.4 Å². The third kappa shape index (κ3) is 3.28. The monoisotopic (exact) mass is 281 g/mol. The molecule has 1 aliphatic carbocycles. The lowest BCUT2D eigenvalue weighted by Gasteiger charge is -2.16. The molecule has 2 rings (SSSR count). The van der Waals surface area contributed by atoms with Gasteiger partial charge in [-0.15, -0.1) is 0 Å². The predicted octanol–water partition coefficient (Wildman–Crippen LogP) is 2.42. The van der Waals surface area contributed by atoms with Crippen LogP contribution in [0, 0.1) is 17.7 Å². The summed E-state index contributed by atoms with van der Waals surface area (Å²) in [5.74, 6) is -0.974. The molecular weight excluding hydrogens is 261 g/mol. The van der Waals surface area contributed by atoms with E-state index in [0.717, 1.165) is 19.3 Å². The molecule has 0 aliphatic heterocycles. The molecule has 1 saturated carbocycles. The molecule has 0 amide bonds. The molecule has 1 aromatic carbocycles. The zero-order valence-electron chi connectivity index (χ0n) is 11.6. The van der Waals surface area contributed by atoms with Gasteiger partial charge in [0, 0.05) is 12.1 Å². The number of carbonyl (C=O) groups is 1. The Hall–Kier alpha value is -1.62. The predicted molar refractivity (Wildman–Crippen MR) is 73.1 cm³/mol. The number of halogens is 1. The number of carboxylic acids is 1. The normalized spacial score (nSPS) is 21.9. The number of hydrogen-bond acceptors (Lipinski definition) is 3. The number of rotatable bonds is 6. The number of nitrogens with one attached hydrogen (secondary N) is 1. The molecule has 110 valence electrons. The largest absolute Gasteiger partial charge is 0.494 e. The fourth-order valence-electron chi connectivity index (χ4n) is 2.85. The fourth-order valence-corrected chi connectivity index (χ4v) is 2.85. The molecular formula is C15H20FNO3. The van der Waals surface area contributed by atoms with E-state index in [1.165, 1.54) is 7.11 Å². The Balaban J connectivity index is 1.88. The lowest BCUT2D eigenvalue weighted by molar-refractivity contribution is -0.142. The number of ether oxygens (including phenoxy) is 1. The van der Waals surface area contributed by atoms with E-state index in [0.29, 0.717) is 18.7 Å². The van der Waals surface area contributed by atoms with E-state index in [1.807, 2.05) is 0 Å². The van der Waals surface area contributed by atoms with Crippen molar-refractivity contribution in [2.24, 2.45) is 11.8 Å². The average Bonchev–Trinajstić information content (AvgIpc) is 2.89. The molecule has 1 aromatic rings. The summed E-state index contributed by atoms with van der Waals surface area (Å²) in [7, 11) is 1.44. The molecule has 1 aliphatic rings. The molecule has 0 radical (unpaired) electrons. The van der Waals surface area contributed by atoms with E-state index >= 15 is 0 Å². The molecule has 2 atom stereocenters. The Morgan fingerprint density at radius 2 is 2.30 bits per heavy atom. The van der Waals surface area contributed by atoms with Crippen molar-refractivity contribution in [3.8, 4) is 5.75 Å². The van der Waals surface area contributed by atoms with Gasteiger partial charge in [-0.3, -0.25) is 4.79 Å². The molecule has 0 bridgehead atoms. The maximum Gasteiger partial charge on any atom is 0.306 e. The van der Waals surface area contributed by atoms with E-state index in [9.17, 15) is 9.18 Å². The van der Waals surface area contributed by atoms with Crippen LogP contribution in [-0.2, 0) is 11.3 Å². The Morgan fingerprint density at radius 1 is 1.50 bits per heavy atom. The lowest BCUT2D eigenvalue weighted by atomic mass is 9.96. The van der Waals surface area contributed by atoms with Crippen molar-refractivity contribution in [1.82, 2.24) is 5.32 Å². The highest BCUT2D eigenvalue weighted by atomic mass is 19.1. The minimum Gasteiger partial charge on any atom is -0.494 e. The summed E-state index contributed by atoms with van der Waals surface area (Å²) in [5.41, 5.74) is 0.536. The molecule has 20 heavy (non-hydrogen) atoms. The first-order valence-electron chi connectivity index (χ1n) is 6.88. The fraction of sp³-hybridized carbons (Fsp3) is 0.533. The second-order valence-electron chi connectivity index (χ2n) is 5.20. The van der Waals surface area contributed by atoms with Crippen LogP contribution in [0.1, 0.15) is 24.8 Å². The van der Waals surface area contributed by atoms with Crippen molar-refractivity contribution in [3.63, 3.8) is 0 Å². The van der Waals surface area contributed by atoms with E-state index in [1.54, 1.807) is 18.2 Å². The number of hydrogen-bond donors (Lipinski definition) is 2. The van der Waals surface area contributed by atoms with Gasteiger partial charge in [0.05, 0.1) is 13.0 Å². The standard InChI is InChI=1S/C15H20FNO3/c1-20-13-7-3-5-11(14(13)16)9-17-8-10-4-2-6-12(10)15(18)19/h3,5,7,10,12,17H,2,4,6,8-9H2,1H3,(H,18,19). The average molecular weight is 281 g/mol. The molecule has 1 fully saturated rings. The maximum atomic E-state index is 13.9. The quantitative estimate of drug-likeness (QED) is 0.840. The summed E-state index contributed by atoms with van der Waals surface area (Å²) in [6, 6.07) is 5.03. The van der Waals surface area contributed by atoms with Crippen LogP contribution in [-0.4, -0.2) is 24.7 Å². The van der Waals surface area contributed by atoms with Gasteiger partial charge in [0.15, 0.2) is 11.6 Å². The van der Waals surface area contributed by atoms with Gasteiger partial charge in [0.2, 0.25) is 0 Å². The van der Waals surface area contributed by atoms with Crippen molar-refractivity contribution >= 4 is 5.97 Å². The van der Waals surface area contributed by atoms with Gasteiger partial charge >= 0.3 is 5.97 Å². The summed E-state index contributed by atoms with van der Waals surface area (Å²) >= 11 is 0. The van der Waals surface area contributed by atoms with E-state index < -0.39 is 5.97 Å². The molecule has 0 saturated heterocycles. The smallest absolute Gasteiger partial charge is 0.306 e. The van der Waals surface area contributed by atoms with Crippen LogP contribution < -0.4 is 10.1 Å². The van der Waals surface area contributed by atoms with Crippen LogP contribution in [0.25, 0.3) is 0 Å². The van der Waals surface area contributed by atoms with Crippen LogP contribution in [0.5, 0.6) is 5.75 Å². The SMILES string of the molecule is COc1cccc(CNCC2CCCC2C(=O)O)c1F. The van der Waals surface area contributed by atoms with E-state index in [2.05, 4.69) is 5.32 Å². The van der Waals surface area contributed by atoms with Crippen LogP contribution in [0.15, 0.2) is 18.2 Å². The Labute approximate surface area is 117 Å². The number of benzene rings is 1. The van der Waals surface area contributed by atoms with Gasteiger partial charge in [-0.05, 0) is 31.4 Å². The van der Waals surface area contributed by atoms with Crippen molar-refractivity contribution in [3.05, 3.63) is 29.6 Å². The highest BCUT2D eigenvalue weighted by Gasteiger charge is 2.32. The van der Waals surface area contributed by atoms with Crippen LogP contribution in [0.2, 0.25) is 0 Å². The van der Waals surface area contributed by atoms with Gasteiger partial charge in [0.1, 0.15) is 0 Å². The number of methoxy groups -OCH3 is 1. The van der Waals surface area contributed by atoms with Gasteiger partial charge in [0.25, 0.3) is 0 Å². The van der Waals surface area contributed by atoms with Crippen molar-refractivity contribution in [2.75, 3.05) is 13.7 Å². The molecule has 5 heteroatoms. The summed E-state index contributed by atoms with van der Waals surface area (Å²) in [5, 5.41) is 12.3. The van der Waals surface area contributed by atoms with Crippen molar-refractivity contribution < 1.29 is 19.0 Å². The Morgan fingerprint density at radius 3 is 3.00 bits per heavy atom. The first-order valence-corrected chi connectivity index (χ1v) is 6.88. The van der Waals surface area contributed by atoms with Crippen molar-refractivity contribution in [1.29, 1.82) is 0 Å². The molecule has 4 nitrogen and oxygen atoms in total. The Bertz CT molecular complexity index is 478. The highest BCUT2D eigenvalue weighted by Crippen LogP contribution is 2.31. The molecule has 0 heterocycles. The zero-order valence-corrected chi connectivity index (χ0v) is 11.6. The lowest BCUT2D eigenvalue weighted by Crippen LogP contribution is -2.29. The first kappa shape index (κ1) is 14.8. The van der Waals surface area contributed by atoms with Crippen LogP contribution in [0.3, 0.4) is 0 Å². The second-order valence-corrected chi connectivity index (χ2v) is 5.20. The molecule has 2 unspecified atom stereocenters. The van der Waals surface area contributed by atoms with E-state index in [4.69, 9.17) is 9.84 Å². The Kier molecular flexibility index (Phi) is 4.95. The first-order chi connectivity index (χ1) is 9.63. The zero-order chi connectivity index (χ0) is 14.5. The summed E-state index contributed by atoms with van der Waals surface area (Å²) in [6.45, 7) is 0.986. The number of carboxylic acid groups (broad SMARTS) is 1. The third-order valence-electron chi connectivity index (χ3n) is 3.96. The van der Waals surface area contributed by atoms with Gasteiger partial charge in [-0.2, -0.15) is 0 Å². The van der Waals surface area contributed by atoms with Crippen LogP contribution >= 0.6 is 0 Å². The van der Waals surface area contributed by atoms with Gasteiger partial charge in [-0.25, -0.2) is 4.39 Å². The van der Waals surface area contributed by atoms with Gasteiger partial charge < -0.3 is 15.2 Å². The topological polar surface area (TPSA) is 58.6 Å². The molecule has 2 N–H and O–H groups in total. The van der Waals surface area contributed by atoms with Crippen molar-refractivity contribution in [2.45, 2.75) is 25.8 Å².